The second kappa shape index (κ2) is 6.27. The number of nitrogens with one attached hydrogen (secondary N) is 1. The van der Waals surface area contributed by atoms with E-state index in [0.29, 0.717) is 17.6 Å². The highest BCUT2D eigenvalue weighted by Gasteiger charge is 2.38. The third-order valence-corrected chi connectivity index (χ3v) is 5.59. The number of carbonyl (C=O) groups excluding carboxylic acids is 1. The Balaban J connectivity index is 1.87. The van der Waals surface area contributed by atoms with Gasteiger partial charge in [-0.2, -0.15) is 0 Å². The maximum Gasteiger partial charge on any atom is 0.273 e. The molecule has 0 spiro atoms. The number of pyridine rings is 1. The molecule has 1 aromatic heterocycles. The van der Waals surface area contributed by atoms with E-state index in [-0.39, 0.29) is 16.4 Å². The molecule has 1 aliphatic heterocycles. The zero-order chi connectivity index (χ0) is 19.3. The predicted molar refractivity (Wildman–Crippen MR) is 106 cm³/mol. The summed E-state index contributed by atoms with van der Waals surface area (Å²) >= 11 is 0. The van der Waals surface area contributed by atoms with Gasteiger partial charge in [0.05, 0.1) is 10.4 Å². The second-order valence-corrected chi connectivity index (χ2v) is 7.14. The molecule has 1 atom stereocenters. The number of nitro groups is 1. The van der Waals surface area contributed by atoms with Crippen molar-refractivity contribution in [3.63, 3.8) is 0 Å². The number of fused-ring (bicyclic) bond motifs is 3. The minimum atomic E-state index is -0.478. The first-order valence-corrected chi connectivity index (χ1v) is 9.29. The third kappa shape index (κ3) is 2.41. The summed E-state index contributed by atoms with van der Waals surface area (Å²) in [5.41, 5.74) is 4.70. The molecule has 2 heterocycles. The number of nitro benzene ring substituents is 1. The molecular weight excluding hydrogens is 354 g/mol. The van der Waals surface area contributed by atoms with Gasteiger partial charge < -0.3 is 5.32 Å². The molecule has 0 amide bonds. The Hall–Kier alpha value is -3.54. The van der Waals surface area contributed by atoms with E-state index in [4.69, 9.17) is 0 Å². The number of hydrogen-bond acceptors (Lipinski definition) is 5. The molecule has 3 aromatic rings. The van der Waals surface area contributed by atoms with Gasteiger partial charge in [0.2, 0.25) is 0 Å². The lowest BCUT2D eigenvalue weighted by Crippen LogP contribution is -2.27. The summed E-state index contributed by atoms with van der Waals surface area (Å²) in [4.78, 5) is 28.8. The van der Waals surface area contributed by atoms with Crippen LogP contribution < -0.4 is 5.32 Å². The number of allylic oxidation sites excluding steroid dienone is 2. The average Bonchev–Trinajstić information content (AvgIpc) is 2.72. The highest BCUT2D eigenvalue weighted by molar-refractivity contribution is 6.03. The van der Waals surface area contributed by atoms with E-state index in [1.807, 2.05) is 24.3 Å². The second-order valence-electron chi connectivity index (χ2n) is 7.14. The van der Waals surface area contributed by atoms with Gasteiger partial charge in [0.15, 0.2) is 5.78 Å². The molecule has 6 heteroatoms. The van der Waals surface area contributed by atoms with Crippen molar-refractivity contribution in [3.05, 3.63) is 87.2 Å². The van der Waals surface area contributed by atoms with Gasteiger partial charge in [0, 0.05) is 52.5 Å². The fourth-order valence-corrected chi connectivity index (χ4v) is 4.44. The number of ketones is 1. The molecule has 0 bridgehead atoms. The number of Topliss-reactive ketones (excluding diaryl/α,β-unsaturated/α-hetero) is 1. The number of para-hydroxylation sites is 1. The zero-order valence-corrected chi connectivity index (χ0v) is 15.0. The van der Waals surface area contributed by atoms with Gasteiger partial charge in [0.1, 0.15) is 0 Å². The summed E-state index contributed by atoms with van der Waals surface area (Å²) in [5.74, 6) is -0.419. The summed E-state index contributed by atoms with van der Waals surface area (Å²) in [6.07, 6.45) is 3.75. The molecule has 0 saturated heterocycles. The van der Waals surface area contributed by atoms with Crippen molar-refractivity contribution < 1.29 is 9.72 Å². The van der Waals surface area contributed by atoms with Gasteiger partial charge >= 0.3 is 0 Å². The first-order chi connectivity index (χ1) is 13.6. The predicted octanol–water partition coefficient (Wildman–Crippen LogP) is 4.71. The number of anilines is 1. The van der Waals surface area contributed by atoms with E-state index in [2.05, 4.69) is 10.3 Å². The van der Waals surface area contributed by atoms with Gasteiger partial charge in [-0.05, 0) is 36.6 Å². The smallest absolute Gasteiger partial charge is 0.273 e. The molecule has 28 heavy (non-hydrogen) atoms. The minimum absolute atomic E-state index is 0.0338. The van der Waals surface area contributed by atoms with Gasteiger partial charge in [-0.15, -0.1) is 0 Å². The molecule has 5 rings (SSSR count). The van der Waals surface area contributed by atoms with E-state index < -0.39 is 5.92 Å². The lowest BCUT2D eigenvalue weighted by Gasteiger charge is -2.34. The average molecular weight is 371 g/mol. The molecule has 2 aromatic carbocycles. The lowest BCUT2D eigenvalue weighted by atomic mass is 9.74. The molecule has 138 valence electrons. The van der Waals surface area contributed by atoms with Crippen LogP contribution in [0.2, 0.25) is 0 Å². The molecule has 0 unspecified atom stereocenters. The number of carbonyl (C=O) groups is 1. The topological polar surface area (TPSA) is 85.1 Å². The van der Waals surface area contributed by atoms with E-state index in [1.165, 1.54) is 6.07 Å². The fraction of sp³-hybridized carbons (Fsp3) is 0.182. The van der Waals surface area contributed by atoms with Gasteiger partial charge in [-0.3, -0.25) is 19.9 Å². The van der Waals surface area contributed by atoms with Crippen LogP contribution in [0, 0.1) is 10.1 Å². The van der Waals surface area contributed by atoms with Crippen LogP contribution in [-0.4, -0.2) is 15.7 Å². The SMILES string of the molecule is O=C1CCCC2=C1[C@H](c1ccccc1[N+](=O)[O-])c1c(ccc3ncccc13)N2. The summed E-state index contributed by atoms with van der Waals surface area (Å²) in [6.45, 7) is 0. The van der Waals surface area contributed by atoms with Crippen LogP contribution in [0.25, 0.3) is 10.9 Å². The maximum absolute atomic E-state index is 13.0. The minimum Gasteiger partial charge on any atom is -0.358 e. The zero-order valence-electron chi connectivity index (χ0n) is 15.0. The molecule has 0 radical (unpaired) electrons. The standard InChI is InChI=1S/C22H17N3O3/c26-19-9-3-7-16-22(19)21(14-5-1-2-8-18(14)25(27)28)20-13-6-4-12-23-15(13)10-11-17(20)24-16/h1-2,4-6,8,10-12,21,24H,3,7,9H2/t21-/m1/s1. The van der Waals surface area contributed by atoms with E-state index >= 15 is 0 Å². The lowest BCUT2D eigenvalue weighted by molar-refractivity contribution is -0.385. The summed E-state index contributed by atoms with van der Waals surface area (Å²) in [7, 11) is 0. The van der Waals surface area contributed by atoms with Crippen molar-refractivity contribution in [3.8, 4) is 0 Å². The Morgan fingerprint density at radius 3 is 2.79 bits per heavy atom. The van der Waals surface area contributed by atoms with Gasteiger partial charge in [0.25, 0.3) is 5.69 Å². The maximum atomic E-state index is 13.0. The number of rotatable bonds is 2. The highest BCUT2D eigenvalue weighted by Crippen LogP contribution is 2.49. The van der Waals surface area contributed by atoms with Crippen LogP contribution in [-0.2, 0) is 4.79 Å². The molecule has 1 aliphatic carbocycles. The van der Waals surface area contributed by atoms with E-state index in [1.54, 1.807) is 24.4 Å². The first-order valence-electron chi connectivity index (χ1n) is 9.29. The van der Waals surface area contributed by atoms with E-state index in [0.717, 1.165) is 40.7 Å². The quantitative estimate of drug-likeness (QED) is 0.521. The van der Waals surface area contributed by atoms with Crippen molar-refractivity contribution in [2.24, 2.45) is 0 Å². The summed E-state index contributed by atoms with van der Waals surface area (Å²) in [6, 6.07) is 14.4. The van der Waals surface area contributed by atoms with Crippen LogP contribution in [0.4, 0.5) is 11.4 Å². The monoisotopic (exact) mass is 371 g/mol. The van der Waals surface area contributed by atoms with Crippen molar-refractivity contribution in [1.82, 2.24) is 4.98 Å². The van der Waals surface area contributed by atoms with Gasteiger partial charge in [-0.25, -0.2) is 0 Å². The molecule has 1 N–H and O–H groups in total. The summed E-state index contributed by atoms with van der Waals surface area (Å²) < 4.78 is 0. The molecule has 6 nitrogen and oxygen atoms in total. The number of hydrogen-bond donors (Lipinski definition) is 1. The largest absolute Gasteiger partial charge is 0.358 e. The molecule has 0 fully saturated rings. The number of aromatic nitrogens is 1. The highest BCUT2D eigenvalue weighted by atomic mass is 16.6. The Morgan fingerprint density at radius 2 is 1.93 bits per heavy atom. The van der Waals surface area contributed by atoms with Crippen molar-refractivity contribution in [2.45, 2.75) is 25.2 Å². The van der Waals surface area contributed by atoms with Crippen molar-refractivity contribution in [2.75, 3.05) is 5.32 Å². The van der Waals surface area contributed by atoms with Crippen molar-refractivity contribution >= 4 is 28.1 Å². The van der Waals surface area contributed by atoms with Crippen LogP contribution in [0.5, 0.6) is 0 Å². The normalized spacial score (nSPS) is 18.4. The van der Waals surface area contributed by atoms with Crippen molar-refractivity contribution in [1.29, 1.82) is 0 Å². The molecule has 2 aliphatic rings. The van der Waals surface area contributed by atoms with Crippen LogP contribution in [0.1, 0.15) is 36.3 Å². The Bertz CT molecular complexity index is 1180. The number of nitrogens with zero attached hydrogens (tertiary/aromatic N) is 2. The van der Waals surface area contributed by atoms with Crippen LogP contribution >= 0.6 is 0 Å². The number of benzene rings is 2. The Kier molecular flexibility index (Phi) is 3.72. The van der Waals surface area contributed by atoms with Crippen LogP contribution in [0.15, 0.2) is 66.0 Å². The Morgan fingerprint density at radius 1 is 1.07 bits per heavy atom. The summed E-state index contributed by atoms with van der Waals surface area (Å²) in [5, 5.41) is 16.1. The molecule has 0 saturated carbocycles. The Labute approximate surface area is 161 Å². The fourth-order valence-electron chi connectivity index (χ4n) is 4.44. The van der Waals surface area contributed by atoms with Gasteiger partial charge in [-0.1, -0.05) is 24.3 Å². The molecular formula is C22H17N3O3. The van der Waals surface area contributed by atoms with Crippen LogP contribution in [0.3, 0.4) is 0 Å². The third-order valence-electron chi connectivity index (χ3n) is 5.59. The van der Waals surface area contributed by atoms with E-state index in [9.17, 15) is 14.9 Å². The first kappa shape index (κ1) is 16.6.